The predicted molar refractivity (Wildman–Crippen MR) is 98.6 cm³/mol. The van der Waals surface area contributed by atoms with Crippen LogP contribution in [0.4, 0.5) is 5.69 Å². The Kier molecular flexibility index (Phi) is 6.21. The highest BCUT2D eigenvalue weighted by molar-refractivity contribution is 6.33. The molecule has 0 atom stereocenters. The van der Waals surface area contributed by atoms with Gasteiger partial charge in [-0.1, -0.05) is 62.3 Å². The van der Waals surface area contributed by atoms with Crippen molar-refractivity contribution < 1.29 is 0 Å². The van der Waals surface area contributed by atoms with Gasteiger partial charge in [-0.2, -0.15) is 0 Å². The summed E-state index contributed by atoms with van der Waals surface area (Å²) in [4.78, 5) is 4.81. The highest BCUT2D eigenvalue weighted by Crippen LogP contribution is 2.25. The lowest BCUT2D eigenvalue weighted by Gasteiger charge is -2.29. The molecule has 2 N–H and O–H groups in total. The lowest BCUT2D eigenvalue weighted by Crippen LogP contribution is -2.48. The van der Waals surface area contributed by atoms with Gasteiger partial charge in [-0.25, -0.2) is 4.99 Å². The van der Waals surface area contributed by atoms with Crippen molar-refractivity contribution in [2.45, 2.75) is 76.3 Å². The molecule has 0 heterocycles. The number of nitrogens with zero attached hydrogens (tertiary/aromatic N) is 1. The molecule has 3 rings (SSSR count). The largest absolute Gasteiger partial charge is 0.353 e. The van der Waals surface area contributed by atoms with Crippen molar-refractivity contribution in [3.63, 3.8) is 0 Å². The van der Waals surface area contributed by atoms with Crippen LogP contribution in [-0.2, 0) is 0 Å². The fourth-order valence-electron chi connectivity index (χ4n) is 3.65. The van der Waals surface area contributed by atoms with Crippen molar-refractivity contribution in [2.24, 2.45) is 4.99 Å². The van der Waals surface area contributed by atoms with E-state index < -0.39 is 0 Å². The number of rotatable bonds is 3. The SMILES string of the molecule is Clc1ccccc1N=C(NC1CCCCC1)NC1CCCCC1. The van der Waals surface area contributed by atoms with Crippen molar-refractivity contribution in [2.75, 3.05) is 0 Å². The molecule has 0 spiro atoms. The number of benzene rings is 1. The first kappa shape index (κ1) is 16.6. The van der Waals surface area contributed by atoms with Crippen LogP contribution in [0.25, 0.3) is 0 Å². The van der Waals surface area contributed by atoms with Crippen molar-refractivity contribution in [1.29, 1.82) is 0 Å². The first-order valence-corrected chi connectivity index (χ1v) is 9.55. The standard InChI is InChI=1S/C19H28ClN3/c20-17-13-7-8-14-18(17)23-19(21-15-9-3-1-4-10-15)22-16-11-5-2-6-12-16/h7-8,13-16H,1-6,9-12H2,(H2,21,22,23). The molecule has 0 unspecified atom stereocenters. The van der Waals surface area contributed by atoms with E-state index in [-0.39, 0.29) is 0 Å². The van der Waals surface area contributed by atoms with Crippen molar-refractivity contribution in [1.82, 2.24) is 10.6 Å². The minimum absolute atomic E-state index is 0.543. The maximum Gasteiger partial charge on any atom is 0.196 e. The number of hydrogen-bond acceptors (Lipinski definition) is 1. The van der Waals surface area contributed by atoms with Crippen LogP contribution in [0.5, 0.6) is 0 Å². The second kappa shape index (κ2) is 8.58. The summed E-state index contributed by atoms with van der Waals surface area (Å²) in [5.41, 5.74) is 0.843. The molecular weight excluding hydrogens is 306 g/mol. The van der Waals surface area contributed by atoms with Gasteiger partial charge in [-0.15, -0.1) is 0 Å². The third kappa shape index (κ3) is 5.13. The highest BCUT2D eigenvalue weighted by Gasteiger charge is 2.19. The van der Waals surface area contributed by atoms with E-state index in [0.29, 0.717) is 17.1 Å². The Labute approximate surface area is 144 Å². The molecule has 2 saturated carbocycles. The van der Waals surface area contributed by atoms with Crippen LogP contribution >= 0.6 is 11.6 Å². The molecule has 0 aromatic heterocycles. The van der Waals surface area contributed by atoms with Gasteiger partial charge in [0, 0.05) is 12.1 Å². The number of aliphatic imine (C=N–C) groups is 1. The van der Waals surface area contributed by atoms with Crippen molar-refractivity contribution in [3.8, 4) is 0 Å². The average Bonchev–Trinajstić information content (AvgIpc) is 2.59. The summed E-state index contributed by atoms with van der Waals surface area (Å²) in [6.07, 6.45) is 13.0. The van der Waals surface area contributed by atoms with Crippen molar-refractivity contribution in [3.05, 3.63) is 29.3 Å². The van der Waals surface area contributed by atoms with Crippen LogP contribution in [0.1, 0.15) is 64.2 Å². The molecule has 0 amide bonds. The predicted octanol–water partition coefficient (Wildman–Crippen LogP) is 5.17. The molecular formula is C19H28ClN3. The zero-order valence-corrected chi connectivity index (χ0v) is 14.6. The monoisotopic (exact) mass is 333 g/mol. The fraction of sp³-hybridized carbons (Fsp3) is 0.632. The van der Waals surface area contributed by atoms with Gasteiger partial charge in [0.05, 0.1) is 10.7 Å². The van der Waals surface area contributed by atoms with Gasteiger partial charge >= 0.3 is 0 Å². The third-order valence-electron chi connectivity index (χ3n) is 4.98. The molecule has 126 valence electrons. The maximum atomic E-state index is 6.29. The van der Waals surface area contributed by atoms with Crippen LogP contribution in [0.15, 0.2) is 29.3 Å². The molecule has 23 heavy (non-hydrogen) atoms. The van der Waals surface area contributed by atoms with E-state index in [1.807, 2.05) is 24.3 Å². The summed E-state index contributed by atoms with van der Waals surface area (Å²) in [7, 11) is 0. The molecule has 0 saturated heterocycles. The Morgan fingerprint density at radius 1 is 0.826 bits per heavy atom. The van der Waals surface area contributed by atoms with Gasteiger partial charge < -0.3 is 10.6 Å². The Morgan fingerprint density at radius 3 is 1.87 bits per heavy atom. The summed E-state index contributed by atoms with van der Waals surface area (Å²) < 4.78 is 0. The number of nitrogens with one attached hydrogen (secondary N) is 2. The second-order valence-electron chi connectivity index (χ2n) is 6.87. The zero-order valence-electron chi connectivity index (χ0n) is 13.9. The Hall–Kier alpha value is -1.22. The maximum absolute atomic E-state index is 6.29. The summed E-state index contributed by atoms with van der Waals surface area (Å²) in [5, 5.41) is 8.03. The van der Waals surface area contributed by atoms with E-state index in [0.717, 1.165) is 11.6 Å². The number of hydrogen-bond donors (Lipinski definition) is 2. The fourth-order valence-corrected chi connectivity index (χ4v) is 3.83. The van der Waals surface area contributed by atoms with Gasteiger partial charge in [0.25, 0.3) is 0 Å². The molecule has 0 radical (unpaired) electrons. The summed E-state index contributed by atoms with van der Waals surface area (Å²) >= 11 is 6.29. The Bertz CT molecular complexity index is 495. The van der Waals surface area contributed by atoms with Gasteiger partial charge in [-0.3, -0.25) is 0 Å². The van der Waals surface area contributed by atoms with Crippen molar-refractivity contribution >= 4 is 23.2 Å². The van der Waals surface area contributed by atoms with Crippen LogP contribution in [-0.4, -0.2) is 18.0 Å². The lowest BCUT2D eigenvalue weighted by molar-refractivity contribution is 0.389. The van der Waals surface area contributed by atoms with Crippen LogP contribution < -0.4 is 10.6 Å². The van der Waals surface area contributed by atoms with E-state index in [2.05, 4.69) is 10.6 Å². The first-order valence-electron chi connectivity index (χ1n) is 9.17. The quantitative estimate of drug-likeness (QED) is 0.591. The Balaban J connectivity index is 1.72. The number of halogens is 1. The van der Waals surface area contributed by atoms with Gasteiger partial charge in [0.15, 0.2) is 5.96 Å². The molecule has 2 fully saturated rings. The summed E-state index contributed by atoms with van der Waals surface area (Å²) in [5.74, 6) is 0.914. The van der Waals surface area contributed by atoms with Gasteiger partial charge in [0.2, 0.25) is 0 Å². The normalized spacial score (nSPS) is 20.0. The van der Waals surface area contributed by atoms with E-state index in [1.54, 1.807) is 0 Å². The minimum Gasteiger partial charge on any atom is -0.353 e. The second-order valence-corrected chi connectivity index (χ2v) is 7.28. The molecule has 3 nitrogen and oxygen atoms in total. The molecule has 2 aliphatic rings. The number of para-hydroxylation sites is 1. The topological polar surface area (TPSA) is 36.4 Å². The Morgan fingerprint density at radius 2 is 1.35 bits per heavy atom. The molecule has 4 heteroatoms. The van der Waals surface area contributed by atoms with E-state index >= 15 is 0 Å². The average molecular weight is 334 g/mol. The lowest BCUT2D eigenvalue weighted by atomic mass is 9.95. The molecule has 2 aliphatic carbocycles. The highest BCUT2D eigenvalue weighted by atomic mass is 35.5. The summed E-state index contributed by atoms with van der Waals surface area (Å²) in [6.45, 7) is 0. The number of guanidine groups is 1. The molecule has 0 bridgehead atoms. The van der Waals surface area contributed by atoms with E-state index in [4.69, 9.17) is 16.6 Å². The zero-order chi connectivity index (χ0) is 15.9. The molecule has 1 aromatic rings. The van der Waals surface area contributed by atoms with Gasteiger partial charge in [-0.05, 0) is 37.8 Å². The van der Waals surface area contributed by atoms with E-state index in [1.165, 1.54) is 64.2 Å². The van der Waals surface area contributed by atoms with E-state index in [9.17, 15) is 0 Å². The minimum atomic E-state index is 0.543. The first-order chi connectivity index (χ1) is 11.3. The van der Waals surface area contributed by atoms with Crippen LogP contribution in [0, 0.1) is 0 Å². The van der Waals surface area contributed by atoms with Crippen LogP contribution in [0.2, 0.25) is 5.02 Å². The molecule has 1 aromatic carbocycles. The smallest absolute Gasteiger partial charge is 0.196 e. The third-order valence-corrected chi connectivity index (χ3v) is 5.30. The van der Waals surface area contributed by atoms with Crippen LogP contribution in [0.3, 0.4) is 0 Å². The molecule has 0 aliphatic heterocycles. The summed E-state index contributed by atoms with van der Waals surface area (Å²) in [6, 6.07) is 8.91. The van der Waals surface area contributed by atoms with Gasteiger partial charge in [0.1, 0.15) is 0 Å².